The minimum atomic E-state index is -1.80. The van der Waals surface area contributed by atoms with Gasteiger partial charge in [0.15, 0.2) is 5.11 Å². The molecule has 1 amide bonds. The van der Waals surface area contributed by atoms with Crippen molar-refractivity contribution in [1.29, 1.82) is 0 Å². The molecule has 21 heavy (non-hydrogen) atoms. The fraction of sp³-hybridized carbons (Fsp3) is 0.273. The van der Waals surface area contributed by atoms with Crippen LogP contribution < -0.4 is 16.0 Å². The minimum Gasteiger partial charge on any atom is -0.339 e. The van der Waals surface area contributed by atoms with E-state index in [2.05, 4.69) is 31.9 Å². The second-order valence-corrected chi connectivity index (χ2v) is 7.65. The Morgan fingerprint density at radius 1 is 1.29 bits per heavy atom. The Morgan fingerprint density at radius 3 is 2.43 bits per heavy atom. The molecule has 4 nitrogen and oxygen atoms in total. The highest BCUT2D eigenvalue weighted by Crippen LogP contribution is 2.29. The number of carbonyl (C=O) groups is 1. The van der Waals surface area contributed by atoms with Gasteiger partial charge in [0.05, 0.1) is 5.69 Å². The SMILES string of the molecule is O=C(CCl)NC(NC(=S)Nc1ccccc1Br)C(Cl)(Cl)Cl. The molecule has 1 rings (SSSR count). The molecule has 1 aromatic carbocycles. The van der Waals surface area contributed by atoms with Gasteiger partial charge in [-0.15, -0.1) is 11.6 Å². The van der Waals surface area contributed by atoms with Gasteiger partial charge in [-0.2, -0.15) is 0 Å². The number of rotatable bonds is 4. The fourth-order valence-corrected chi connectivity index (χ4v) is 2.27. The topological polar surface area (TPSA) is 53.2 Å². The molecular formula is C11H10BrCl4N3OS. The van der Waals surface area contributed by atoms with E-state index in [9.17, 15) is 4.79 Å². The van der Waals surface area contributed by atoms with Crippen molar-refractivity contribution < 1.29 is 4.79 Å². The predicted molar refractivity (Wildman–Crippen MR) is 96.4 cm³/mol. The second kappa shape index (κ2) is 8.60. The third-order valence-electron chi connectivity index (χ3n) is 2.15. The van der Waals surface area contributed by atoms with Crippen LogP contribution in [0.15, 0.2) is 28.7 Å². The van der Waals surface area contributed by atoms with Crippen LogP contribution in [0.3, 0.4) is 0 Å². The minimum absolute atomic E-state index is 0.174. The Balaban J connectivity index is 2.73. The number of anilines is 1. The zero-order valence-electron chi connectivity index (χ0n) is 10.3. The highest BCUT2D eigenvalue weighted by atomic mass is 79.9. The highest BCUT2D eigenvalue weighted by molar-refractivity contribution is 9.10. The number of benzene rings is 1. The number of carbonyl (C=O) groups excluding carboxylic acids is 1. The van der Waals surface area contributed by atoms with Gasteiger partial charge >= 0.3 is 0 Å². The Hall–Kier alpha value is 0.0200. The maximum atomic E-state index is 11.3. The lowest BCUT2D eigenvalue weighted by Gasteiger charge is -2.27. The van der Waals surface area contributed by atoms with Gasteiger partial charge in [0, 0.05) is 4.47 Å². The fourth-order valence-electron chi connectivity index (χ4n) is 1.25. The van der Waals surface area contributed by atoms with Crippen LogP contribution in [0.5, 0.6) is 0 Å². The zero-order valence-corrected chi connectivity index (χ0v) is 15.7. The number of para-hydroxylation sites is 1. The van der Waals surface area contributed by atoms with Crippen LogP contribution in [0.1, 0.15) is 0 Å². The van der Waals surface area contributed by atoms with Gasteiger partial charge in [0.25, 0.3) is 0 Å². The van der Waals surface area contributed by atoms with Crippen molar-refractivity contribution in [2.24, 2.45) is 0 Å². The first-order chi connectivity index (χ1) is 9.74. The van der Waals surface area contributed by atoms with E-state index in [0.29, 0.717) is 0 Å². The van der Waals surface area contributed by atoms with Gasteiger partial charge in [-0.05, 0) is 40.3 Å². The number of halogens is 5. The molecule has 0 spiro atoms. The van der Waals surface area contributed by atoms with E-state index < -0.39 is 15.9 Å². The smallest absolute Gasteiger partial charge is 0.236 e. The van der Waals surface area contributed by atoms with E-state index in [0.717, 1.165) is 10.2 Å². The first kappa shape index (κ1) is 19.1. The number of amides is 1. The Kier molecular flexibility index (Phi) is 7.81. The Bertz CT molecular complexity index is 526. The maximum Gasteiger partial charge on any atom is 0.236 e. The quantitative estimate of drug-likeness (QED) is 0.369. The van der Waals surface area contributed by atoms with E-state index in [4.69, 9.17) is 58.6 Å². The van der Waals surface area contributed by atoms with Crippen molar-refractivity contribution in [1.82, 2.24) is 10.6 Å². The number of hydrogen-bond acceptors (Lipinski definition) is 2. The van der Waals surface area contributed by atoms with E-state index in [1.54, 1.807) is 6.07 Å². The molecule has 1 aromatic rings. The number of hydrogen-bond donors (Lipinski definition) is 3. The van der Waals surface area contributed by atoms with Crippen molar-refractivity contribution >= 4 is 91.3 Å². The van der Waals surface area contributed by atoms with Crippen molar-refractivity contribution in [3.63, 3.8) is 0 Å². The summed E-state index contributed by atoms with van der Waals surface area (Å²) < 4.78 is -0.995. The highest BCUT2D eigenvalue weighted by Gasteiger charge is 2.34. The standard InChI is InChI=1S/C11H10BrCl4N3OS/c12-6-3-1-2-4-7(6)17-10(21)19-9(11(14,15)16)18-8(20)5-13/h1-4,9H,5H2,(H,18,20)(H2,17,19,21). The summed E-state index contributed by atoms with van der Waals surface area (Å²) in [6, 6.07) is 7.33. The molecule has 0 aromatic heterocycles. The van der Waals surface area contributed by atoms with Crippen LogP contribution in [0.2, 0.25) is 0 Å². The lowest BCUT2D eigenvalue weighted by molar-refractivity contribution is -0.119. The molecule has 0 radical (unpaired) electrons. The predicted octanol–water partition coefficient (Wildman–Crippen LogP) is 3.79. The second-order valence-electron chi connectivity index (χ2n) is 3.75. The van der Waals surface area contributed by atoms with Crippen LogP contribution in [0.25, 0.3) is 0 Å². The van der Waals surface area contributed by atoms with Crippen molar-refractivity contribution in [2.75, 3.05) is 11.2 Å². The summed E-state index contributed by atoms with van der Waals surface area (Å²) in [6.45, 7) is 0. The van der Waals surface area contributed by atoms with Crippen LogP contribution in [-0.2, 0) is 4.79 Å². The molecule has 1 unspecified atom stereocenters. The summed E-state index contributed by atoms with van der Waals surface area (Å²) in [5.74, 6) is -0.757. The van der Waals surface area contributed by atoms with Crippen molar-refractivity contribution in [3.05, 3.63) is 28.7 Å². The van der Waals surface area contributed by atoms with Gasteiger partial charge in [0.2, 0.25) is 9.70 Å². The largest absolute Gasteiger partial charge is 0.339 e. The summed E-state index contributed by atoms with van der Waals surface area (Å²) >= 11 is 31.3. The number of nitrogens with one attached hydrogen (secondary N) is 3. The molecule has 0 bridgehead atoms. The van der Waals surface area contributed by atoms with Gasteiger partial charge in [-0.1, -0.05) is 46.9 Å². The molecule has 0 aliphatic rings. The van der Waals surface area contributed by atoms with Gasteiger partial charge in [0.1, 0.15) is 12.0 Å². The van der Waals surface area contributed by atoms with Crippen LogP contribution in [0, 0.1) is 0 Å². The molecule has 0 fully saturated rings. The van der Waals surface area contributed by atoms with E-state index >= 15 is 0 Å². The summed E-state index contributed by atoms with van der Waals surface area (Å²) in [6.07, 6.45) is -1.03. The summed E-state index contributed by atoms with van der Waals surface area (Å²) in [5.41, 5.74) is 0.724. The Morgan fingerprint density at radius 2 is 1.90 bits per heavy atom. The van der Waals surface area contributed by atoms with Gasteiger partial charge in [-0.3, -0.25) is 4.79 Å². The third kappa shape index (κ3) is 6.76. The summed E-state index contributed by atoms with van der Waals surface area (Å²) in [5, 5.41) is 8.22. The molecule has 10 heteroatoms. The summed E-state index contributed by atoms with van der Waals surface area (Å²) in [4.78, 5) is 11.3. The monoisotopic (exact) mass is 451 g/mol. The molecule has 0 aliphatic heterocycles. The molecular weight excluding hydrogens is 444 g/mol. The lowest BCUT2D eigenvalue weighted by atomic mass is 10.3. The van der Waals surface area contributed by atoms with Gasteiger partial charge < -0.3 is 16.0 Å². The third-order valence-corrected chi connectivity index (χ3v) is 3.96. The van der Waals surface area contributed by atoms with Crippen LogP contribution in [-0.4, -0.2) is 26.9 Å². The molecule has 1 atom stereocenters. The molecule has 3 N–H and O–H groups in total. The molecule has 0 heterocycles. The normalized spacial score (nSPS) is 12.4. The first-order valence-electron chi connectivity index (χ1n) is 5.48. The molecule has 0 saturated heterocycles. The van der Waals surface area contributed by atoms with Crippen LogP contribution >= 0.6 is 74.6 Å². The van der Waals surface area contributed by atoms with E-state index in [1.807, 2.05) is 18.2 Å². The average molecular weight is 454 g/mol. The van der Waals surface area contributed by atoms with Gasteiger partial charge in [-0.25, -0.2) is 0 Å². The number of thiocarbonyl (C=S) groups is 1. The van der Waals surface area contributed by atoms with E-state index in [-0.39, 0.29) is 11.0 Å². The van der Waals surface area contributed by atoms with E-state index in [1.165, 1.54) is 0 Å². The maximum absolute atomic E-state index is 11.3. The molecule has 0 aliphatic carbocycles. The molecule has 0 saturated carbocycles. The number of alkyl halides is 4. The van der Waals surface area contributed by atoms with Crippen molar-refractivity contribution in [3.8, 4) is 0 Å². The van der Waals surface area contributed by atoms with Crippen LogP contribution in [0.4, 0.5) is 5.69 Å². The van der Waals surface area contributed by atoms with Crippen molar-refractivity contribution in [2.45, 2.75) is 9.96 Å². The Labute approximate surface area is 156 Å². The average Bonchev–Trinajstić information content (AvgIpc) is 2.39. The molecule has 116 valence electrons. The lowest BCUT2D eigenvalue weighted by Crippen LogP contribution is -2.56. The first-order valence-corrected chi connectivity index (χ1v) is 8.35. The zero-order chi connectivity index (χ0) is 16.0. The summed E-state index contributed by atoms with van der Waals surface area (Å²) in [7, 11) is 0.